The summed E-state index contributed by atoms with van der Waals surface area (Å²) in [5, 5.41) is 0. The summed E-state index contributed by atoms with van der Waals surface area (Å²) in [7, 11) is 3.30. The zero-order chi connectivity index (χ0) is 20.4. The van der Waals surface area contributed by atoms with Crippen LogP contribution >= 0.6 is 0 Å². The van der Waals surface area contributed by atoms with E-state index >= 15 is 0 Å². The molecule has 30 heavy (non-hydrogen) atoms. The SMILES string of the molecule is COc1ccc(-c2nc3ccccc3n2Cc2ccc(C(C)C)cc2)cc1OC.[Cl-]. The van der Waals surface area contributed by atoms with E-state index in [4.69, 9.17) is 14.5 Å². The molecule has 0 saturated heterocycles. The van der Waals surface area contributed by atoms with Crippen LogP contribution in [0.1, 0.15) is 30.9 Å². The minimum Gasteiger partial charge on any atom is -1.00 e. The quantitative estimate of drug-likeness (QED) is 0.480. The van der Waals surface area contributed by atoms with E-state index in [0.29, 0.717) is 17.4 Å². The number of imidazole rings is 1. The molecule has 0 saturated carbocycles. The van der Waals surface area contributed by atoms with Crippen molar-refractivity contribution in [2.75, 3.05) is 14.2 Å². The van der Waals surface area contributed by atoms with Gasteiger partial charge in [0.05, 0.1) is 25.3 Å². The Balaban J connectivity index is 0.00000256. The van der Waals surface area contributed by atoms with Gasteiger partial charge in [-0.05, 0) is 47.4 Å². The van der Waals surface area contributed by atoms with Crippen LogP contribution in [0.4, 0.5) is 0 Å². The Morgan fingerprint density at radius 3 is 2.23 bits per heavy atom. The Morgan fingerprint density at radius 2 is 1.57 bits per heavy atom. The number of para-hydroxylation sites is 2. The fraction of sp³-hybridized carbons (Fsp3) is 0.240. The van der Waals surface area contributed by atoms with Gasteiger partial charge in [-0.3, -0.25) is 0 Å². The van der Waals surface area contributed by atoms with Crippen molar-refractivity contribution >= 4 is 11.0 Å². The van der Waals surface area contributed by atoms with Crippen molar-refractivity contribution in [3.05, 3.63) is 77.9 Å². The minimum absolute atomic E-state index is 0. The van der Waals surface area contributed by atoms with E-state index in [1.807, 2.05) is 24.3 Å². The second-order valence-electron chi connectivity index (χ2n) is 7.48. The van der Waals surface area contributed by atoms with E-state index in [2.05, 4.69) is 60.9 Å². The number of methoxy groups -OCH3 is 2. The number of aromatic nitrogens is 2. The molecule has 4 rings (SSSR count). The van der Waals surface area contributed by atoms with Crippen LogP contribution in [-0.2, 0) is 6.54 Å². The van der Waals surface area contributed by atoms with Crippen molar-refractivity contribution in [3.8, 4) is 22.9 Å². The summed E-state index contributed by atoms with van der Waals surface area (Å²) in [6.07, 6.45) is 0. The maximum absolute atomic E-state index is 5.50. The van der Waals surface area contributed by atoms with Gasteiger partial charge < -0.3 is 26.4 Å². The minimum atomic E-state index is 0. The number of hydrogen-bond donors (Lipinski definition) is 0. The molecule has 0 aliphatic carbocycles. The molecule has 5 heteroatoms. The topological polar surface area (TPSA) is 36.3 Å². The predicted molar refractivity (Wildman–Crippen MR) is 118 cm³/mol. The zero-order valence-corrected chi connectivity index (χ0v) is 18.5. The molecular weight excluding hydrogens is 396 g/mol. The highest BCUT2D eigenvalue weighted by Crippen LogP contribution is 2.33. The smallest absolute Gasteiger partial charge is 0.161 e. The number of fused-ring (bicyclic) bond motifs is 1. The van der Waals surface area contributed by atoms with Crippen molar-refractivity contribution in [2.45, 2.75) is 26.3 Å². The molecule has 0 amide bonds. The predicted octanol–water partition coefficient (Wildman–Crippen LogP) is 2.90. The number of ether oxygens (including phenoxy) is 2. The molecule has 0 N–H and O–H groups in total. The molecule has 0 bridgehead atoms. The number of hydrogen-bond acceptors (Lipinski definition) is 3. The lowest BCUT2D eigenvalue weighted by atomic mass is 10.0. The Kier molecular flexibility index (Phi) is 6.68. The van der Waals surface area contributed by atoms with Gasteiger partial charge >= 0.3 is 0 Å². The van der Waals surface area contributed by atoms with Crippen molar-refractivity contribution in [3.63, 3.8) is 0 Å². The summed E-state index contributed by atoms with van der Waals surface area (Å²) < 4.78 is 13.2. The second-order valence-corrected chi connectivity index (χ2v) is 7.48. The molecule has 4 nitrogen and oxygen atoms in total. The third-order valence-corrected chi connectivity index (χ3v) is 5.28. The average Bonchev–Trinajstić information content (AvgIpc) is 3.12. The van der Waals surface area contributed by atoms with Crippen molar-refractivity contribution < 1.29 is 21.9 Å². The van der Waals surface area contributed by atoms with Gasteiger partial charge in [-0.15, -0.1) is 0 Å². The Labute approximate surface area is 183 Å². The second kappa shape index (κ2) is 9.23. The zero-order valence-electron chi connectivity index (χ0n) is 17.7. The molecule has 1 heterocycles. The van der Waals surface area contributed by atoms with Crippen LogP contribution < -0.4 is 21.9 Å². The first-order chi connectivity index (χ1) is 14.1. The average molecular weight is 422 g/mol. The fourth-order valence-corrected chi connectivity index (χ4v) is 3.62. The Hall–Kier alpha value is -2.98. The molecule has 1 aromatic heterocycles. The first kappa shape index (κ1) is 21.7. The van der Waals surface area contributed by atoms with Crippen LogP contribution in [-0.4, -0.2) is 23.8 Å². The molecule has 0 aliphatic rings. The molecule has 0 unspecified atom stereocenters. The third kappa shape index (κ3) is 4.14. The first-order valence-corrected chi connectivity index (χ1v) is 9.87. The van der Waals surface area contributed by atoms with E-state index in [-0.39, 0.29) is 12.4 Å². The van der Waals surface area contributed by atoms with Crippen LogP contribution in [0.5, 0.6) is 11.5 Å². The van der Waals surface area contributed by atoms with Gasteiger partial charge in [0.2, 0.25) is 0 Å². The van der Waals surface area contributed by atoms with Gasteiger partial charge in [-0.2, -0.15) is 0 Å². The summed E-state index contributed by atoms with van der Waals surface area (Å²) in [5.74, 6) is 2.86. The van der Waals surface area contributed by atoms with Gasteiger partial charge in [-0.25, -0.2) is 4.98 Å². The normalized spacial score (nSPS) is 10.8. The van der Waals surface area contributed by atoms with Gasteiger partial charge in [0.25, 0.3) is 0 Å². The molecular formula is C25H26ClN2O2-. The van der Waals surface area contributed by atoms with Gasteiger partial charge in [0, 0.05) is 12.1 Å². The Bertz CT molecular complexity index is 1130. The van der Waals surface area contributed by atoms with E-state index in [0.717, 1.165) is 29.0 Å². The molecule has 3 aromatic carbocycles. The van der Waals surface area contributed by atoms with Crippen LogP contribution in [0, 0.1) is 0 Å². The Morgan fingerprint density at radius 1 is 0.867 bits per heavy atom. The van der Waals surface area contributed by atoms with Crippen molar-refractivity contribution in [2.24, 2.45) is 0 Å². The van der Waals surface area contributed by atoms with Crippen LogP contribution in [0.2, 0.25) is 0 Å². The summed E-state index contributed by atoms with van der Waals surface area (Å²) in [6, 6.07) is 23.0. The maximum atomic E-state index is 5.50. The highest BCUT2D eigenvalue weighted by molar-refractivity contribution is 5.81. The number of benzene rings is 3. The first-order valence-electron chi connectivity index (χ1n) is 9.87. The van der Waals surface area contributed by atoms with Crippen LogP contribution in [0.15, 0.2) is 66.7 Å². The van der Waals surface area contributed by atoms with Crippen LogP contribution in [0.3, 0.4) is 0 Å². The lowest BCUT2D eigenvalue weighted by Crippen LogP contribution is -3.00. The van der Waals surface area contributed by atoms with Crippen molar-refractivity contribution in [1.82, 2.24) is 9.55 Å². The lowest BCUT2D eigenvalue weighted by Gasteiger charge is -2.13. The standard InChI is InChI=1S/C25H26N2O2.ClH/c1-17(2)19-11-9-18(10-12-19)16-27-22-8-6-5-7-21(22)26-25(27)20-13-14-23(28-3)24(15-20)29-4;/h5-15,17H,16H2,1-4H3;1H/p-1. The summed E-state index contributed by atoms with van der Waals surface area (Å²) >= 11 is 0. The van der Waals surface area contributed by atoms with E-state index in [9.17, 15) is 0 Å². The van der Waals surface area contributed by atoms with Gasteiger partial charge in [0.1, 0.15) is 5.82 Å². The number of halogens is 1. The summed E-state index contributed by atoms with van der Waals surface area (Å²) in [4.78, 5) is 4.92. The molecule has 0 aliphatic heterocycles. The summed E-state index contributed by atoms with van der Waals surface area (Å²) in [5.41, 5.74) is 5.70. The van der Waals surface area contributed by atoms with Gasteiger partial charge in [0.15, 0.2) is 11.5 Å². The molecule has 0 radical (unpaired) electrons. The highest BCUT2D eigenvalue weighted by Gasteiger charge is 2.15. The van der Waals surface area contributed by atoms with E-state index in [1.165, 1.54) is 11.1 Å². The largest absolute Gasteiger partial charge is 1.00 e. The number of nitrogens with zero attached hydrogens (tertiary/aromatic N) is 2. The molecule has 0 atom stereocenters. The maximum Gasteiger partial charge on any atom is 0.161 e. The molecule has 4 aromatic rings. The fourth-order valence-electron chi connectivity index (χ4n) is 3.62. The van der Waals surface area contributed by atoms with E-state index in [1.54, 1.807) is 14.2 Å². The van der Waals surface area contributed by atoms with Crippen molar-refractivity contribution in [1.29, 1.82) is 0 Å². The highest BCUT2D eigenvalue weighted by atomic mass is 35.5. The third-order valence-electron chi connectivity index (χ3n) is 5.28. The lowest BCUT2D eigenvalue weighted by molar-refractivity contribution is -0.00000652. The van der Waals surface area contributed by atoms with Crippen LogP contribution in [0.25, 0.3) is 22.4 Å². The molecule has 0 spiro atoms. The van der Waals surface area contributed by atoms with Gasteiger partial charge in [-0.1, -0.05) is 50.2 Å². The number of rotatable bonds is 6. The molecule has 0 fully saturated rings. The monoisotopic (exact) mass is 421 g/mol. The van der Waals surface area contributed by atoms with E-state index < -0.39 is 0 Å². The molecule has 156 valence electrons. The summed E-state index contributed by atoms with van der Waals surface area (Å²) in [6.45, 7) is 5.18.